The first-order valence-electron chi connectivity index (χ1n) is 5.40. The number of aromatic nitrogens is 3. The highest BCUT2D eigenvalue weighted by atomic mass is 16.5. The van der Waals surface area contributed by atoms with E-state index >= 15 is 0 Å². The predicted octanol–water partition coefficient (Wildman–Crippen LogP) is 1.31. The number of ether oxygens (including phenoxy) is 1. The Labute approximate surface area is 105 Å². The second-order valence-electron chi connectivity index (χ2n) is 3.73. The van der Waals surface area contributed by atoms with Gasteiger partial charge in [-0.2, -0.15) is 5.26 Å². The summed E-state index contributed by atoms with van der Waals surface area (Å²) in [6.45, 7) is 0.589. The van der Waals surface area contributed by atoms with E-state index in [0.29, 0.717) is 17.9 Å². The van der Waals surface area contributed by atoms with Gasteiger partial charge in [-0.05, 0) is 12.1 Å². The second-order valence-corrected chi connectivity index (χ2v) is 3.73. The molecular formula is C12H13N5O. The molecule has 2 rings (SSSR count). The molecule has 0 bridgehead atoms. The summed E-state index contributed by atoms with van der Waals surface area (Å²) in [4.78, 5) is 0. The summed E-state index contributed by atoms with van der Waals surface area (Å²) >= 11 is 0. The molecule has 92 valence electrons. The molecule has 6 nitrogen and oxygen atoms in total. The third-order valence-electron chi connectivity index (χ3n) is 2.60. The Hall–Kier alpha value is -2.55. The van der Waals surface area contributed by atoms with E-state index < -0.39 is 0 Å². The van der Waals surface area contributed by atoms with Gasteiger partial charge in [-0.25, -0.2) is 0 Å². The summed E-state index contributed by atoms with van der Waals surface area (Å²) < 4.78 is 6.93. The van der Waals surface area contributed by atoms with Gasteiger partial charge < -0.3 is 10.1 Å². The summed E-state index contributed by atoms with van der Waals surface area (Å²) in [5.74, 6) is 0.643. The van der Waals surface area contributed by atoms with Crippen LogP contribution in [0, 0.1) is 11.3 Å². The Morgan fingerprint density at radius 2 is 2.33 bits per heavy atom. The third-order valence-corrected chi connectivity index (χ3v) is 2.60. The van der Waals surface area contributed by atoms with Gasteiger partial charge in [0.2, 0.25) is 0 Å². The van der Waals surface area contributed by atoms with Gasteiger partial charge in [-0.1, -0.05) is 5.21 Å². The lowest BCUT2D eigenvalue weighted by molar-refractivity contribution is 0.416. The monoisotopic (exact) mass is 243 g/mol. The van der Waals surface area contributed by atoms with Gasteiger partial charge in [0.15, 0.2) is 0 Å². The third kappa shape index (κ3) is 2.40. The maximum Gasteiger partial charge on any atom is 0.143 e. The van der Waals surface area contributed by atoms with E-state index in [0.717, 1.165) is 11.4 Å². The minimum atomic E-state index is 0.569. The van der Waals surface area contributed by atoms with E-state index in [1.165, 1.54) is 0 Å². The molecule has 0 aliphatic rings. The minimum absolute atomic E-state index is 0.569. The van der Waals surface area contributed by atoms with E-state index in [2.05, 4.69) is 21.7 Å². The maximum absolute atomic E-state index is 8.82. The second kappa shape index (κ2) is 5.19. The van der Waals surface area contributed by atoms with Gasteiger partial charge in [0, 0.05) is 13.1 Å². The van der Waals surface area contributed by atoms with Crippen LogP contribution in [0.25, 0.3) is 0 Å². The molecule has 0 aliphatic heterocycles. The van der Waals surface area contributed by atoms with Gasteiger partial charge in [-0.3, -0.25) is 4.68 Å². The van der Waals surface area contributed by atoms with Crippen molar-refractivity contribution in [1.29, 1.82) is 5.26 Å². The van der Waals surface area contributed by atoms with Crippen LogP contribution >= 0.6 is 0 Å². The molecule has 1 N–H and O–H groups in total. The summed E-state index contributed by atoms with van der Waals surface area (Å²) in [5.41, 5.74) is 2.36. The molecule has 0 saturated heterocycles. The SMILES string of the molecule is COc1cc(C#N)ccc1NCc1cnnn1C. The lowest BCUT2D eigenvalue weighted by atomic mass is 10.2. The van der Waals surface area contributed by atoms with Crippen molar-refractivity contribution in [2.24, 2.45) is 7.05 Å². The fourth-order valence-corrected chi connectivity index (χ4v) is 1.56. The molecule has 0 radical (unpaired) electrons. The van der Waals surface area contributed by atoms with Crippen molar-refractivity contribution in [3.05, 3.63) is 35.7 Å². The van der Waals surface area contributed by atoms with E-state index in [1.54, 1.807) is 30.1 Å². The van der Waals surface area contributed by atoms with Crippen molar-refractivity contribution < 1.29 is 4.74 Å². The van der Waals surface area contributed by atoms with Crippen LogP contribution in [0.1, 0.15) is 11.3 Å². The Balaban J connectivity index is 2.15. The average molecular weight is 243 g/mol. The molecule has 6 heteroatoms. The topological polar surface area (TPSA) is 75.8 Å². The highest BCUT2D eigenvalue weighted by Gasteiger charge is 2.05. The number of rotatable bonds is 4. The number of nitrogens with zero attached hydrogens (tertiary/aromatic N) is 4. The zero-order chi connectivity index (χ0) is 13.0. The number of benzene rings is 1. The molecule has 0 spiro atoms. The van der Waals surface area contributed by atoms with Gasteiger partial charge >= 0.3 is 0 Å². The van der Waals surface area contributed by atoms with Crippen LogP contribution in [-0.4, -0.2) is 22.1 Å². The van der Waals surface area contributed by atoms with Crippen molar-refractivity contribution in [3.63, 3.8) is 0 Å². The summed E-state index contributed by atoms with van der Waals surface area (Å²) in [5, 5.41) is 19.7. The number of methoxy groups -OCH3 is 1. The van der Waals surface area contributed by atoms with Crippen molar-refractivity contribution in [3.8, 4) is 11.8 Å². The van der Waals surface area contributed by atoms with E-state index in [1.807, 2.05) is 13.1 Å². The molecular weight excluding hydrogens is 230 g/mol. The minimum Gasteiger partial charge on any atom is -0.495 e. The number of nitrogens with one attached hydrogen (secondary N) is 1. The summed E-state index contributed by atoms with van der Waals surface area (Å²) in [6.07, 6.45) is 1.70. The predicted molar refractivity (Wildman–Crippen MR) is 66.0 cm³/mol. The first-order valence-corrected chi connectivity index (χ1v) is 5.40. The van der Waals surface area contributed by atoms with Crippen molar-refractivity contribution in [1.82, 2.24) is 15.0 Å². The van der Waals surface area contributed by atoms with Crippen molar-refractivity contribution in [2.45, 2.75) is 6.54 Å². The summed E-state index contributed by atoms with van der Waals surface area (Å²) in [7, 11) is 3.41. The molecule has 18 heavy (non-hydrogen) atoms. The average Bonchev–Trinajstić information content (AvgIpc) is 2.81. The fraction of sp³-hybridized carbons (Fsp3) is 0.250. The molecule has 0 fully saturated rings. The van der Waals surface area contributed by atoms with Gasteiger partial charge in [0.1, 0.15) is 5.75 Å². The van der Waals surface area contributed by atoms with E-state index in [4.69, 9.17) is 10.00 Å². The Morgan fingerprint density at radius 1 is 1.50 bits per heavy atom. The van der Waals surface area contributed by atoms with Gasteiger partial charge in [0.05, 0.1) is 42.9 Å². The number of aryl methyl sites for hydroxylation is 1. The molecule has 2 aromatic rings. The highest BCUT2D eigenvalue weighted by Crippen LogP contribution is 2.25. The smallest absolute Gasteiger partial charge is 0.143 e. The van der Waals surface area contributed by atoms with Crippen LogP contribution < -0.4 is 10.1 Å². The molecule has 0 unspecified atom stereocenters. The highest BCUT2D eigenvalue weighted by molar-refractivity contribution is 5.59. The first-order chi connectivity index (χ1) is 8.74. The van der Waals surface area contributed by atoms with Crippen LogP contribution in [-0.2, 0) is 13.6 Å². The zero-order valence-corrected chi connectivity index (χ0v) is 10.2. The van der Waals surface area contributed by atoms with Crippen molar-refractivity contribution >= 4 is 5.69 Å². The van der Waals surface area contributed by atoms with Gasteiger partial charge in [0.25, 0.3) is 0 Å². The lowest BCUT2D eigenvalue weighted by Gasteiger charge is -2.11. The number of anilines is 1. The van der Waals surface area contributed by atoms with E-state index in [-0.39, 0.29) is 0 Å². The van der Waals surface area contributed by atoms with Crippen LogP contribution in [0.2, 0.25) is 0 Å². The van der Waals surface area contributed by atoms with Crippen LogP contribution in [0.5, 0.6) is 5.75 Å². The first kappa shape index (κ1) is 11.9. The standard InChI is InChI=1S/C12H13N5O/c1-17-10(8-15-16-17)7-14-11-4-3-9(6-13)5-12(11)18-2/h3-5,8,14H,7H2,1-2H3. The molecule has 0 atom stereocenters. The number of hydrogen-bond acceptors (Lipinski definition) is 5. The molecule has 1 aromatic heterocycles. The molecule has 0 amide bonds. The normalized spacial score (nSPS) is 9.83. The molecule has 1 heterocycles. The van der Waals surface area contributed by atoms with Gasteiger partial charge in [-0.15, -0.1) is 5.10 Å². The zero-order valence-electron chi connectivity index (χ0n) is 10.2. The van der Waals surface area contributed by atoms with E-state index in [9.17, 15) is 0 Å². The molecule has 1 aromatic carbocycles. The van der Waals surface area contributed by atoms with Crippen LogP contribution in [0.3, 0.4) is 0 Å². The van der Waals surface area contributed by atoms with Crippen LogP contribution in [0.15, 0.2) is 24.4 Å². The maximum atomic E-state index is 8.82. The fourth-order valence-electron chi connectivity index (χ4n) is 1.56. The Bertz CT molecular complexity index is 584. The lowest BCUT2D eigenvalue weighted by Crippen LogP contribution is -2.06. The van der Waals surface area contributed by atoms with Crippen LogP contribution in [0.4, 0.5) is 5.69 Å². The largest absolute Gasteiger partial charge is 0.495 e. The Kier molecular flexibility index (Phi) is 3.44. The Morgan fingerprint density at radius 3 is 2.94 bits per heavy atom. The number of hydrogen-bond donors (Lipinski definition) is 1. The molecule has 0 aliphatic carbocycles. The van der Waals surface area contributed by atoms with Crippen molar-refractivity contribution in [2.75, 3.05) is 12.4 Å². The molecule has 0 saturated carbocycles. The number of nitriles is 1. The summed E-state index contributed by atoms with van der Waals surface area (Å²) in [6, 6.07) is 7.34. The quantitative estimate of drug-likeness (QED) is 0.876.